The van der Waals surface area contributed by atoms with Crippen LogP contribution in [0.4, 0.5) is 5.69 Å². The van der Waals surface area contributed by atoms with Crippen LogP contribution in [0.15, 0.2) is 45.2 Å². The monoisotopic (exact) mass is 289 g/mol. The lowest BCUT2D eigenvalue weighted by molar-refractivity contribution is -0.110. The molecule has 0 bridgehead atoms. The molecule has 0 saturated carbocycles. The van der Waals surface area contributed by atoms with Gasteiger partial charge in [-0.1, -0.05) is 11.6 Å². The summed E-state index contributed by atoms with van der Waals surface area (Å²) in [6, 6.07) is 7.10. The summed E-state index contributed by atoms with van der Waals surface area (Å²) in [5, 5.41) is 15.1. The van der Waals surface area contributed by atoms with Crippen molar-refractivity contribution in [2.24, 2.45) is 10.2 Å². The summed E-state index contributed by atoms with van der Waals surface area (Å²) in [5.41, 5.74) is 2.63. The molecule has 0 atom stereocenters. The van der Waals surface area contributed by atoms with Gasteiger partial charge in [0.05, 0.1) is 11.9 Å². The lowest BCUT2D eigenvalue weighted by Gasteiger charge is -1.96. The third-order valence-electron chi connectivity index (χ3n) is 2.61. The second-order valence-electron chi connectivity index (χ2n) is 3.89. The van der Waals surface area contributed by atoms with Gasteiger partial charge < -0.3 is 5.32 Å². The zero-order chi connectivity index (χ0) is 13.2. The van der Waals surface area contributed by atoms with Gasteiger partial charge in [-0.3, -0.25) is 4.79 Å². The van der Waals surface area contributed by atoms with Crippen LogP contribution in [0.1, 0.15) is 11.1 Å². The lowest BCUT2D eigenvalue weighted by atomic mass is 10.1. The van der Waals surface area contributed by atoms with Crippen LogP contribution in [0.25, 0.3) is 0 Å². The molecule has 0 spiro atoms. The second-order valence-corrected chi connectivity index (χ2v) is 5.11. The largest absolute Gasteiger partial charge is 0.320 e. The van der Waals surface area contributed by atoms with Crippen molar-refractivity contribution in [3.8, 4) is 0 Å². The number of benzene rings is 1. The van der Waals surface area contributed by atoms with Gasteiger partial charge in [-0.05, 0) is 35.0 Å². The van der Waals surface area contributed by atoms with Crippen molar-refractivity contribution in [1.82, 2.24) is 0 Å². The van der Waals surface area contributed by atoms with E-state index in [9.17, 15) is 4.79 Å². The van der Waals surface area contributed by atoms with Gasteiger partial charge in [0.25, 0.3) is 5.91 Å². The van der Waals surface area contributed by atoms with Gasteiger partial charge in [0.2, 0.25) is 0 Å². The molecule has 6 heteroatoms. The molecule has 3 rings (SSSR count). The minimum Gasteiger partial charge on any atom is -0.320 e. The average molecular weight is 290 g/mol. The Bertz CT molecular complexity index is 692. The number of hydrogen-bond acceptors (Lipinski definition) is 4. The van der Waals surface area contributed by atoms with Gasteiger partial charge in [0.15, 0.2) is 5.71 Å². The zero-order valence-electron chi connectivity index (χ0n) is 9.63. The quantitative estimate of drug-likeness (QED) is 0.670. The van der Waals surface area contributed by atoms with Gasteiger partial charge in [0, 0.05) is 16.1 Å². The Balaban J connectivity index is 1.93. The molecule has 0 aliphatic carbocycles. The van der Waals surface area contributed by atoms with Gasteiger partial charge in [0.1, 0.15) is 0 Å². The van der Waals surface area contributed by atoms with E-state index in [1.807, 2.05) is 16.8 Å². The Morgan fingerprint density at radius 2 is 2.21 bits per heavy atom. The Hall–Kier alpha value is -1.98. The van der Waals surface area contributed by atoms with Crippen LogP contribution in [-0.4, -0.2) is 17.8 Å². The van der Waals surface area contributed by atoms with Crippen LogP contribution in [-0.2, 0) is 4.79 Å². The maximum atomic E-state index is 11.8. The number of hydrogen-bond donors (Lipinski definition) is 1. The maximum absolute atomic E-state index is 11.8. The molecule has 1 aliphatic rings. The Morgan fingerprint density at radius 1 is 1.32 bits per heavy atom. The van der Waals surface area contributed by atoms with E-state index in [2.05, 4.69) is 15.5 Å². The van der Waals surface area contributed by atoms with Crippen LogP contribution >= 0.6 is 22.9 Å². The molecule has 1 aliphatic heterocycles. The normalized spacial score (nSPS) is 16.1. The maximum Gasteiger partial charge on any atom is 0.276 e. The topological polar surface area (TPSA) is 53.8 Å². The van der Waals surface area contributed by atoms with Crippen LogP contribution in [0.2, 0.25) is 5.02 Å². The first-order valence-corrected chi connectivity index (χ1v) is 6.80. The highest BCUT2D eigenvalue weighted by atomic mass is 35.5. The summed E-state index contributed by atoms with van der Waals surface area (Å²) in [6.45, 7) is 0. The summed E-state index contributed by atoms with van der Waals surface area (Å²) < 4.78 is 0. The van der Waals surface area contributed by atoms with Gasteiger partial charge in [-0.15, -0.1) is 5.10 Å². The fourth-order valence-electron chi connectivity index (χ4n) is 1.73. The molecule has 0 fully saturated rings. The predicted molar refractivity (Wildman–Crippen MR) is 78.5 cm³/mol. The number of fused-ring (bicyclic) bond motifs is 1. The van der Waals surface area contributed by atoms with Gasteiger partial charge >= 0.3 is 0 Å². The summed E-state index contributed by atoms with van der Waals surface area (Å²) in [6.07, 6.45) is 1.61. The molecular formula is C13H8ClN3OS. The minimum absolute atomic E-state index is 0.264. The molecule has 4 nitrogen and oxygen atoms in total. The fraction of sp³-hybridized carbons (Fsp3) is 0. The number of rotatable bonds is 2. The number of nitrogens with zero attached hydrogens (tertiary/aromatic N) is 2. The number of halogens is 1. The van der Waals surface area contributed by atoms with E-state index in [1.165, 1.54) is 0 Å². The number of nitrogens with one attached hydrogen (secondary N) is 1. The van der Waals surface area contributed by atoms with Crippen molar-refractivity contribution < 1.29 is 4.79 Å². The first-order valence-electron chi connectivity index (χ1n) is 5.48. The van der Waals surface area contributed by atoms with E-state index in [0.717, 1.165) is 5.56 Å². The number of thiophene rings is 1. The van der Waals surface area contributed by atoms with Gasteiger partial charge in [-0.25, -0.2) is 0 Å². The standard InChI is InChI=1S/C13H8ClN3OS/c14-9-1-2-11-10(5-9)12(13(18)16-11)17-15-6-8-3-4-19-7-8/h1-7H,(H,16,17,18)/b15-6+. The first kappa shape index (κ1) is 12.1. The summed E-state index contributed by atoms with van der Waals surface area (Å²) in [4.78, 5) is 11.8. The van der Waals surface area contributed by atoms with E-state index in [0.29, 0.717) is 16.3 Å². The molecule has 2 heterocycles. The molecule has 1 aromatic heterocycles. The van der Waals surface area contributed by atoms with E-state index >= 15 is 0 Å². The fourth-order valence-corrected chi connectivity index (χ4v) is 2.51. The third-order valence-corrected chi connectivity index (χ3v) is 3.54. The van der Waals surface area contributed by atoms with Crippen LogP contribution < -0.4 is 5.32 Å². The SMILES string of the molecule is O=C1Nc2ccc(Cl)cc2/C1=N\N=C\c1ccsc1. The zero-order valence-corrected chi connectivity index (χ0v) is 11.2. The Kier molecular flexibility index (Phi) is 3.15. The molecule has 1 amide bonds. The highest BCUT2D eigenvalue weighted by molar-refractivity contribution is 7.08. The second kappa shape index (κ2) is 4.95. The van der Waals surface area contributed by atoms with Crippen molar-refractivity contribution in [1.29, 1.82) is 0 Å². The molecule has 1 N–H and O–H groups in total. The molecule has 1 aromatic carbocycles. The van der Waals surface area contributed by atoms with Crippen molar-refractivity contribution in [2.75, 3.05) is 5.32 Å². The molecule has 0 saturated heterocycles. The minimum atomic E-state index is -0.264. The molecule has 94 valence electrons. The predicted octanol–water partition coefficient (Wildman–Crippen LogP) is 3.18. The lowest BCUT2D eigenvalue weighted by Crippen LogP contribution is -2.13. The van der Waals surface area contributed by atoms with E-state index in [1.54, 1.807) is 35.8 Å². The molecular weight excluding hydrogens is 282 g/mol. The number of carbonyl (C=O) groups excluding carboxylic acids is 1. The Morgan fingerprint density at radius 3 is 3.00 bits per heavy atom. The van der Waals surface area contributed by atoms with Crippen LogP contribution in [0.5, 0.6) is 0 Å². The van der Waals surface area contributed by atoms with Crippen molar-refractivity contribution in [3.05, 3.63) is 51.2 Å². The van der Waals surface area contributed by atoms with Crippen molar-refractivity contribution in [3.63, 3.8) is 0 Å². The van der Waals surface area contributed by atoms with E-state index in [-0.39, 0.29) is 11.6 Å². The summed E-state index contributed by atoms with van der Waals surface area (Å²) >= 11 is 7.50. The van der Waals surface area contributed by atoms with E-state index < -0.39 is 0 Å². The molecule has 2 aromatic rings. The summed E-state index contributed by atoms with van der Waals surface area (Å²) in [5.74, 6) is -0.264. The van der Waals surface area contributed by atoms with Crippen molar-refractivity contribution >= 4 is 46.5 Å². The third kappa shape index (κ3) is 2.43. The highest BCUT2D eigenvalue weighted by Gasteiger charge is 2.26. The Labute approximate surface area is 118 Å². The first-order chi connectivity index (χ1) is 9.24. The number of amides is 1. The average Bonchev–Trinajstić information content (AvgIpc) is 2.99. The smallest absolute Gasteiger partial charge is 0.276 e. The van der Waals surface area contributed by atoms with Crippen molar-refractivity contribution in [2.45, 2.75) is 0 Å². The molecule has 0 unspecified atom stereocenters. The molecule has 19 heavy (non-hydrogen) atoms. The molecule has 0 radical (unpaired) electrons. The van der Waals surface area contributed by atoms with Crippen LogP contribution in [0, 0.1) is 0 Å². The van der Waals surface area contributed by atoms with E-state index in [4.69, 9.17) is 11.6 Å². The summed E-state index contributed by atoms with van der Waals surface area (Å²) in [7, 11) is 0. The van der Waals surface area contributed by atoms with Gasteiger partial charge in [-0.2, -0.15) is 16.4 Å². The highest BCUT2D eigenvalue weighted by Crippen LogP contribution is 2.26. The number of anilines is 1. The van der Waals surface area contributed by atoms with Crippen LogP contribution in [0.3, 0.4) is 0 Å². The number of carbonyl (C=O) groups is 1.